The first kappa shape index (κ1) is 12.7. The molecular formula is C11H16N2O2S2. The number of thiazole rings is 1. The highest BCUT2D eigenvalue weighted by atomic mass is 32.2. The molecule has 2 rings (SSSR count). The van der Waals surface area contributed by atoms with Crippen molar-refractivity contribution in [2.45, 2.75) is 30.6 Å². The Kier molecular flexibility index (Phi) is 4.28. The van der Waals surface area contributed by atoms with Crippen LogP contribution in [-0.4, -0.2) is 35.6 Å². The van der Waals surface area contributed by atoms with Crippen LogP contribution in [-0.2, 0) is 4.74 Å². The van der Waals surface area contributed by atoms with Crippen molar-refractivity contribution < 1.29 is 9.53 Å². The fourth-order valence-electron chi connectivity index (χ4n) is 2.00. The van der Waals surface area contributed by atoms with Crippen LogP contribution in [0.5, 0.6) is 0 Å². The smallest absolute Gasteiger partial charge is 0.357 e. The maximum Gasteiger partial charge on any atom is 0.357 e. The zero-order valence-electron chi connectivity index (χ0n) is 9.93. The summed E-state index contributed by atoms with van der Waals surface area (Å²) in [4.78, 5) is 15.5. The second-order valence-corrected chi connectivity index (χ2v) is 6.04. The number of carbonyl (C=O) groups is 1. The first-order chi connectivity index (χ1) is 8.22. The molecule has 1 aliphatic carbocycles. The van der Waals surface area contributed by atoms with Crippen LogP contribution in [0.1, 0.15) is 29.8 Å². The second-order valence-electron chi connectivity index (χ2n) is 4.04. The van der Waals surface area contributed by atoms with Gasteiger partial charge in [0.05, 0.1) is 7.11 Å². The van der Waals surface area contributed by atoms with Gasteiger partial charge in [-0.25, -0.2) is 9.78 Å². The van der Waals surface area contributed by atoms with Crippen molar-refractivity contribution in [2.24, 2.45) is 0 Å². The number of hydrogen-bond donors (Lipinski definition) is 1. The van der Waals surface area contributed by atoms with Crippen molar-refractivity contribution in [3.05, 3.63) is 11.1 Å². The summed E-state index contributed by atoms with van der Waals surface area (Å²) in [7, 11) is 1.37. The Labute approximate surface area is 109 Å². The summed E-state index contributed by atoms with van der Waals surface area (Å²) in [5.41, 5.74) is 0.388. The number of rotatable bonds is 4. The van der Waals surface area contributed by atoms with Crippen LogP contribution in [0.25, 0.3) is 0 Å². The number of anilines is 1. The van der Waals surface area contributed by atoms with Crippen LogP contribution in [0, 0.1) is 0 Å². The molecule has 0 aliphatic heterocycles. The minimum Gasteiger partial charge on any atom is -0.464 e. The highest BCUT2D eigenvalue weighted by Crippen LogP contribution is 2.30. The molecule has 1 saturated carbocycles. The van der Waals surface area contributed by atoms with Crippen molar-refractivity contribution in [3.63, 3.8) is 0 Å². The van der Waals surface area contributed by atoms with Gasteiger partial charge in [-0.3, -0.25) is 0 Å². The van der Waals surface area contributed by atoms with Gasteiger partial charge in [0, 0.05) is 16.7 Å². The summed E-state index contributed by atoms with van der Waals surface area (Å²) >= 11 is 3.39. The minimum atomic E-state index is -0.372. The molecule has 0 amide bonds. The number of nitrogens with zero attached hydrogens (tertiary/aromatic N) is 1. The van der Waals surface area contributed by atoms with Crippen LogP contribution in [0.4, 0.5) is 5.13 Å². The van der Waals surface area contributed by atoms with E-state index in [0.717, 1.165) is 10.4 Å². The van der Waals surface area contributed by atoms with Gasteiger partial charge < -0.3 is 10.1 Å². The highest BCUT2D eigenvalue weighted by Gasteiger charge is 2.24. The van der Waals surface area contributed by atoms with E-state index in [1.54, 1.807) is 5.38 Å². The Morgan fingerprint density at radius 2 is 2.47 bits per heavy atom. The topological polar surface area (TPSA) is 51.2 Å². The minimum absolute atomic E-state index is 0.372. The number of esters is 1. The van der Waals surface area contributed by atoms with E-state index in [-0.39, 0.29) is 5.97 Å². The van der Waals surface area contributed by atoms with Crippen molar-refractivity contribution in [1.29, 1.82) is 0 Å². The van der Waals surface area contributed by atoms with Crippen molar-refractivity contribution in [3.8, 4) is 0 Å². The highest BCUT2D eigenvalue weighted by molar-refractivity contribution is 7.99. The molecule has 0 spiro atoms. The number of hydrogen-bond acceptors (Lipinski definition) is 6. The first-order valence-corrected chi connectivity index (χ1v) is 7.73. The standard InChI is InChI=1S/C11H16N2O2S2/c1-15-10(14)9-6-17-11(13-9)12-7-3-4-8(5-7)16-2/h6-8H,3-5H2,1-2H3,(H,12,13). The second kappa shape index (κ2) is 5.73. The van der Waals surface area contributed by atoms with Gasteiger partial charge >= 0.3 is 5.97 Å². The van der Waals surface area contributed by atoms with Gasteiger partial charge in [-0.05, 0) is 25.5 Å². The van der Waals surface area contributed by atoms with Crippen LogP contribution < -0.4 is 5.32 Å². The van der Waals surface area contributed by atoms with Crippen molar-refractivity contribution in [2.75, 3.05) is 18.7 Å². The van der Waals surface area contributed by atoms with Gasteiger partial charge in [-0.2, -0.15) is 11.8 Å². The summed E-state index contributed by atoms with van der Waals surface area (Å²) in [6.07, 6.45) is 5.77. The molecule has 2 atom stereocenters. The monoisotopic (exact) mass is 272 g/mol. The number of nitrogens with one attached hydrogen (secondary N) is 1. The lowest BCUT2D eigenvalue weighted by molar-refractivity contribution is 0.0595. The molecule has 6 heteroatoms. The molecule has 1 aliphatic rings. The van der Waals surface area contributed by atoms with E-state index in [2.05, 4.69) is 21.3 Å². The fourth-order valence-corrected chi connectivity index (χ4v) is 3.55. The summed E-state index contributed by atoms with van der Waals surface area (Å²) in [6.45, 7) is 0. The van der Waals surface area contributed by atoms with E-state index >= 15 is 0 Å². The van der Waals surface area contributed by atoms with Crippen LogP contribution >= 0.6 is 23.1 Å². The van der Waals surface area contributed by atoms with Gasteiger partial charge in [0.15, 0.2) is 10.8 Å². The third-order valence-corrected chi connectivity index (χ3v) is 4.81. The average Bonchev–Trinajstić information content (AvgIpc) is 2.97. The Bertz CT molecular complexity index is 395. The van der Waals surface area contributed by atoms with E-state index in [4.69, 9.17) is 0 Å². The van der Waals surface area contributed by atoms with Gasteiger partial charge in [-0.1, -0.05) is 0 Å². The molecular weight excluding hydrogens is 256 g/mol. The molecule has 0 radical (unpaired) electrons. The Balaban J connectivity index is 1.91. The molecule has 0 bridgehead atoms. The summed E-state index contributed by atoms with van der Waals surface area (Å²) in [6, 6.07) is 0.490. The normalized spacial score (nSPS) is 23.6. The SMILES string of the molecule is COC(=O)c1csc(NC2CCC(SC)C2)n1. The molecule has 1 heterocycles. The molecule has 4 nitrogen and oxygen atoms in total. The lowest BCUT2D eigenvalue weighted by Crippen LogP contribution is -2.16. The van der Waals surface area contributed by atoms with Crippen LogP contribution in [0.2, 0.25) is 0 Å². The molecule has 1 aromatic rings. The van der Waals surface area contributed by atoms with E-state index in [1.165, 1.54) is 37.7 Å². The molecule has 0 aromatic carbocycles. The molecule has 1 aromatic heterocycles. The third-order valence-electron chi connectivity index (χ3n) is 2.94. The number of carbonyl (C=O) groups excluding carboxylic acids is 1. The molecule has 1 N–H and O–H groups in total. The molecule has 17 heavy (non-hydrogen) atoms. The van der Waals surface area contributed by atoms with Crippen molar-refractivity contribution >= 4 is 34.2 Å². The van der Waals surface area contributed by atoms with Crippen molar-refractivity contribution in [1.82, 2.24) is 4.98 Å². The quantitative estimate of drug-likeness (QED) is 0.854. The Hall–Kier alpha value is -0.750. The van der Waals surface area contributed by atoms with E-state index in [9.17, 15) is 4.79 Å². The van der Waals surface area contributed by atoms with Gasteiger partial charge in [0.2, 0.25) is 0 Å². The summed E-state index contributed by atoms with van der Waals surface area (Å²) in [5, 5.41) is 6.70. The summed E-state index contributed by atoms with van der Waals surface area (Å²) < 4.78 is 4.63. The van der Waals surface area contributed by atoms with Crippen LogP contribution in [0.15, 0.2) is 5.38 Å². The first-order valence-electron chi connectivity index (χ1n) is 5.56. The largest absolute Gasteiger partial charge is 0.464 e. The number of methoxy groups -OCH3 is 1. The predicted molar refractivity (Wildman–Crippen MR) is 72.0 cm³/mol. The zero-order valence-corrected chi connectivity index (χ0v) is 11.6. The molecule has 1 fully saturated rings. The molecule has 0 saturated heterocycles. The number of ether oxygens (including phenoxy) is 1. The lowest BCUT2D eigenvalue weighted by Gasteiger charge is -2.10. The molecule has 94 valence electrons. The molecule has 2 unspecified atom stereocenters. The Morgan fingerprint density at radius 1 is 1.65 bits per heavy atom. The lowest BCUT2D eigenvalue weighted by atomic mass is 10.3. The number of thioether (sulfide) groups is 1. The average molecular weight is 272 g/mol. The van der Waals surface area contributed by atoms with E-state index in [0.29, 0.717) is 11.7 Å². The van der Waals surface area contributed by atoms with Gasteiger partial charge in [0.1, 0.15) is 0 Å². The van der Waals surface area contributed by atoms with Gasteiger partial charge in [-0.15, -0.1) is 11.3 Å². The third kappa shape index (κ3) is 3.13. The van der Waals surface area contributed by atoms with E-state index < -0.39 is 0 Å². The summed E-state index contributed by atoms with van der Waals surface area (Å²) in [5.74, 6) is -0.372. The fraction of sp³-hybridized carbons (Fsp3) is 0.636. The maximum atomic E-state index is 11.3. The predicted octanol–water partition coefficient (Wildman–Crippen LogP) is 2.63. The number of aromatic nitrogens is 1. The van der Waals surface area contributed by atoms with Crippen LogP contribution in [0.3, 0.4) is 0 Å². The van der Waals surface area contributed by atoms with E-state index in [1.807, 2.05) is 11.8 Å². The maximum absolute atomic E-state index is 11.3. The Morgan fingerprint density at radius 3 is 3.12 bits per heavy atom. The zero-order chi connectivity index (χ0) is 12.3. The van der Waals surface area contributed by atoms with Gasteiger partial charge in [0.25, 0.3) is 0 Å².